The van der Waals surface area contributed by atoms with Crippen LogP contribution in [0.25, 0.3) is 0 Å². The van der Waals surface area contributed by atoms with Gasteiger partial charge >= 0.3 is 0 Å². The Labute approximate surface area is 170 Å². The van der Waals surface area contributed by atoms with E-state index in [1.165, 1.54) is 42.1 Å². The third-order valence-corrected chi connectivity index (χ3v) is 5.79. The smallest absolute Gasteiger partial charge is 0.230 e. The highest BCUT2D eigenvalue weighted by molar-refractivity contribution is 7.99. The number of nitrogen functional groups attached to an aromatic ring is 1. The van der Waals surface area contributed by atoms with Gasteiger partial charge in [0.15, 0.2) is 5.82 Å². The summed E-state index contributed by atoms with van der Waals surface area (Å²) in [5.74, 6) is 7.68. The normalized spacial score (nSPS) is 15.2. The summed E-state index contributed by atoms with van der Waals surface area (Å²) >= 11 is 1.29. The predicted molar refractivity (Wildman–Crippen MR) is 111 cm³/mol. The maximum Gasteiger partial charge on any atom is 0.230 e. The molecule has 1 aromatic carbocycles. The van der Waals surface area contributed by atoms with Gasteiger partial charge in [0, 0.05) is 6.04 Å². The Hall–Kier alpha value is -2.22. The molecule has 8 heteroatoms. The van der Waals surface area contributed by atoms with Crippen LogP contribution in [0.3, 0.4) is 0 Å². The Kier molecular flexibility index (Phi) is 7.19. The number of hydrogen-bond acceptors (Lipinski definition) is 6. The quantitative estimate of drug-likeness (QED) is 0.419. The Morgan fingerprint density at radius 1 is 1.18 bits per heavy atom. The van der Waals surface area contributed by atoms with Crippen molar-refractivity contribution in [2.75, 3.05) is 11.6 Å². The lowest BCUT2D eigenvalue weighted by atomic mass is 10.1. The molecule has 1 saturated carbocycles. The highest BCUT2D eigenvalue weighted by Crippen LogP contribution is 2.20. The summed E-state index contributed by atoms with van der Waals surface area (Å²) in [6.45, 7) is 4.28. The van der Waals surface area contributed by atoms with Crippen LogP contribution in [0.1, 0.15) is 55.5 Å². The molecular formula is C20H29N5O2S. The molecule has 1 aliphatic rings. The fourth-order valence-electron chi connectivity index (χ4n) is 3.49. The van der Waals surface area contributed by atoms with Crippen LogP contribution in [0.15, 0.2) is 23.4 Å². The maximum absolute atomic E-state index is 12.2. The molecule has 0 atom stereocenters. The lowest BCUT2D eigenvalue weighted by molar-refractivity contribution is -0.119. The Bertz CT molecular complexity index is 780. The predicted octanol–water partition coefficient (Wildman–Crippen LogP) is 3.12. The second-order valence-electron chi connectivity index (χ2n) is 7.43. The number of thioether (sulfide) groups is 1. The van der Waals surface area contributed by atoms with Crippen LogP contribution in [0.2, 0.25) is 0 Å². The Morgan fingerprint density at radius 2 is 1.86 bits per heavy atom. The molecule has 152 valence electrons. The van der Waals surface area contributed by atoms with Gasteiger partial charge in [0.25, 0.3) is 0 Å². The lowest BCUT2D eigenvalue weighted by Gasteiger charge is -2.15. The van der Waals surface area contributed by atoms with Crippen molar-refractivity contribution in [3.8, 4) is 5.75 Å². The molecule has 3 N–H and O–H groups in total. The lowest BCUT2D eigenvalue weighted by Crippen LogP contribution is -2.35. The van der Waals surface area contributed by atoms with E-state index in [-0.39, 0.29) is 18.3 Å². The standard InChI is InChI=1S/C20H29N5O2S/c1-14-9-15(2)11-17(10-14)27-12-18-23-24-20(25(18)21)28-13-19(26)22-16-7-5-3-4-6-8-16/h9-11,16H,3-8,12-13,21H2,1-2H3,(H,22,26). The van der Waals surface area contributed by atoms with Crippen LogP contribution in [0, 0.1) is 13.8 Å². The van der Waals surface area contributed by atoms with Crippen molar-refractivity contribution >= 4 is 17.7 Å². The number of carbonyl (C=O) groups is 1. The molecule has 0 unspecified atom stereocenters. The van der Waals surface area contributed by atoms with Gasteiger partial charge < -0.3 is 15.9 Å². The van der Waals surface area contributed by atoms with Crippen LogP contribution in [0.5, 0.6) is 5.75 Å². The van der Waals surface area contributed by atoms with E-state index in [1.807, 2.05) is 26.0 Å². The van der Waals surface area contributed by atoms with Crippen molar-refractivity contribution in [2.24, 2.45) is 0 Å². The third-order valence-electron chi connectivity index (χ3n) is 4.85. The maximum atomic E-state index is 12.2. The van der Waals surface area contributed by atoms with E-state index in [2.05, 4.69) is 21.6 Å². The van der Waals surface area contributed by atoms with Gasteiger partial charge in [-0.2, -0.15) is 0 Å². The van der Waals surface area contributed by atoms with Crippen molar-refractivity contribution in [1.82, 2.24) is 20.2 Å². The van der Waals surface area contributed by atoms with Gasteiger partial charge in [-0.3, -0.25) is 4.79 Å². The molecule has 0 aliphatic heterocycles. The molecule has 28 heavy (non-hydrogen) atoms. The van der Waals surface area contributed by atoms with Crippen LogP contribution >= 0.6 is 11.8 Å². The Balaban J connectivity index is 1.49. The van der Waals surface area contributed by atoms with Crippen molar-refractivity contribution < 1.29 is 9.53 Å². The number of nitrogens with one attached hydrogen (secondary N) is 1. The highest BCUT2D eigenvalue weighted by atomic mass is 32.2. The first-order chi connectivity index (χ1) is 13.5. The minimum atomic E-state index is 0.0212. The number of rotatable bonds is 7. The number of benzene rings is 1. The van der Waals surface area contributed by atoms with Crippen molar-refractivity contribution in [3.05, 3.63) is 35.2 Å². The highest BCUT2D eigenvalue weighted by Gasteiger charge is 2.17. The zero-order valence-electron chi connectivity index (χ0n) is 16.6. The summed E-state index contributed by atoms with van der Waals surface area (Å²) in [5, 5.41) is 11.8. The van der Waals surface area contributed by atoms with Crippen LogP contribution in [-0.2, 0) is 11.4 Å². The van der Waals surface area contributed by atoms with Crippen molar-refractivity contribution in [1.29, 1.82) is 0 Å². The van der Waals surface area contributed by atoms with Gasteiger partial charge in [-0.1, -0.05) is 43.5 Å². The molecule has 1 amide bonds. The summed E-state index contributed by atoms with van der Waals surface area (Å²) in [5.41, 5.74) is 2.28. The van der Waals surface area contributed by atoms with Crippen LogP contribution in [-0.4, -0.2) is 32.6 Å². The van der Waals surface area contributed by atoms with Crippen LogP contribution in [0.4, 0.5) is 0 Å². The average molecular weight is 404 g/mol. The first-order valence-electron chi connectivity index (χ1n) is 9.84. The molecule has 1 aliphatic carbocycles. The molecule has 0 spiro atoms. The minimum absolute atomic E-state index is 0.0212. The summed E-state index contributed by atoms with van der Waals surface area (Å²) in [6.07, 6.45) is 7.07. The number of amides is 1. The fraction of sp³-hybridized carbons (Fsp3) is 0.550. The molecule has 0 bridgehead atoms. The molecule has 0 saturated heterocycles. The zero-order chi connectivity index (χ0) is 19.9. The molecule has 0 radical (unpaired) electrons. The molecule has 7 nitrogen and oxygen atoms in total. The van der Waals surface area contributed by atoms with Crippen molar-refractivity contribution in [2.45, 2.75) is 70.2 Å². The van der Waals surface area contributed by atoms with E-state index in [0.29, 0.717) is 17.0 Å². The first-order valence-corrected chi connectivity index (χ1v) is 10.8. The number of aromatic nitrogens is 3. The molecule has 3 rings (SSSR count). The number of nitrogens with zero attached hydrogens (tertiary/aromatic N) is 3. The van der Waals surface area contributed by atoms with Gasteiger partial charge in [-0.05, 0) is 49.9 Å². The van der Waals surface area contributed by atoms with Gasteiger partial charge in [0.1, 0.15) is 12.4 Å². The van der Waals surface area contributed by atoms with Crippen molar-refractivity contribution in [3.63, 3.8) is 0 Å². The third kappa shape index (κ3) is 5.89. The van der Waals surface area contributed by atoms with Crippen LogP contribution < -0.4 is 15.9 Å². The summed E-state index contributed by atoms with van der Waals surface area (Å²) in [6, 6.07) is 6.33. The van der Waals surface area contributed by atoms with E-state index in [9.17, 15) is 4.79 Å². The van der Waals surface area contributed by atoms with Gasteiger partial charge in [-0.15, -0.1) is 10.2 Å². The number of aryl methyl sites for hydroxylation is 2. The fourth-order valence-corrected chi connectivity index (χ4v) is 4.18. The topological polar surface area (TPSA) is 95.1 Å². The average Bonchev–Trinajstić information content (AvgIpc) is 2.82. The van der Waals surface area contributed by atoms with Gasteiger partial charge in [-0.25, -0.2) is 4.68 Å². The number of nitrogens with two attached hydrogens (primary N) is 1. The second kappa shape index (κ2) is 9.82. The van der Waals surface area contributed by atoms with Gasteiger partial charge in [0.05, 0.1) is 5.75 Å². The van der Waals surface area contributed by atoms with Gasteiger partial charge in [0.2, 0.25) is 11.1 Å². The van der Waals surface area contributed by atoms with E-state index >= 15 is 0 Å². The largest absolute Gasteiger partial charge is 0.486 e. The second-order valence-corrected chi connectivity index (χ2v) is 8.37. The number of hydrogen-bond donors (Lipinski definition) is 2. The molecular weight excluding hydrogens is 374 g/mol. The molecule has 2 aromatic rings. The molecule has 1 heterocycles. The number of carbonyl (C=O) groups excluding carboxylic acids is 1. The van der Waals surface area contributed by atoms with E-state index in [0.717, 1.165) is 29.7 Å². The van der Waals surface area contributed by atoms with E-state index < -0.39 is 0 Å². The zero-order valence-corrected chi connectivity index (χ0v) is 17.4. The summed E-state index contributed by atoms with van der Waals surface area (Å²) in [4.78, 5) is 12.2. The summed E-state index contributed by atoms with van der Waals surface area (Å²) < 4.78 is 7.19. The van der Waals surface area contributed by atoms with E-state index in [4.69, 9.17) is 10.6 Å². The number of ether oxygens (including phenoxy) is 1. The molecule has 1 fully saturated rings. The van der Waals surface area contributed by atoms with E-state index in [1.54, 1.807) is 0 Å². The SMILES string of the molecule is Cc1cc(C)cc(OCc2nnc(SCC(=O)NC3CCCCCC3)n2N)c1. The molecule has 1 aromatic heterocycles. The first kappa shape index (κ1) is 20.5. The minimum Gasteiger partial charge on any atom is -0.486 e. The Morgan fingerprint density at radius 3 is 2.54 bits per heavy atom. The monoisotopic (exact) mass is 403 g/mol. The summed E-state index contributed by atoms with van der Waals surface area (Å²) in [7, 11) is 0.